The van der Waals surface area contributed by atoms with Crippen molar-refractivity contribution in [1.29, 1.82) is 0 Å². The molecule has 0 aliphatic carbocycles. The first kappa shape index (κ1) is 12.7. The van der Waals surface area contributed by atoms with Gasteiger partial charge in [0.05, 0.1) is 6.10 Å². The molecule has 0 radical (unpaired) electrons. The van der Waals surface area contributed by atoms with Crippen molar-refractivity contribution in [2.24, 2.45) is 11.7 Å². The predicted octanol–water partition coefficient (Wildman–Crippen LogP) is 0.631. The Morgan fingerprint density at radius 3 is 2.00 bits per heavy atom. The number of rotatable bonds is 4. The number of nitrogens with one attached hydrogen (secondary N) is 1. The van der Waals surface area contributed by atoms with Crippen LogP contribution in [-0.2, 0) is 9.53 Å². The Hall–Kier alpha value is -1.26. The molecule has 1 unspecified atom stereocenters. The monoisotopic (exact) mass is 202 g/mol. The summed E-state index contributed by atoms with van der Waals surface area (Å²) in [5.74, 6) is -0.604. The van der Waals surface area contributed by atoms with E-state index in [1.807, 2.05) is 0 Å². The van der Waals surface area contributed by atoms with Crippen LogP contribution in [0.4, 0.5) is 4.79 Å². The summed E-state index contributed by atoms with van der Waals surface area (Å²) in [7, 11) is 0. The zero-order valence-electron chi connectivity index (χ0n) is 9.03. The molecule has 0 spiro atoms. The number of amides is 2. The number of nitrogens with two attached hydrogens (primary N) is 1. The van der Waals surface area contributed by atoms with Crippen LogP contribution in [0.3, 0.4) is 0 Å². The number of alkyl carbamates (subject to hydrolysis) is 1. The number of primary amides is 1. The number of ether oxygens (including phenoxy) is 1. The highest BCUT2D eigenvalue weighted by Crippen LogP contribution is 2.01. The van der Waals surface area contributed by atoms with E-state index in [-0.39, 0.29) is 12.0 Å². The molecule has 0 fully saturated rings. The highest BCUT2D eigenvalue weighted by molar-refractivity contribution is 5.84. The summed E-state index contributed by atoms with van der Waals surface area (Å²) in [4.78, 5) is 22.0. The van der Waals surface area contributed by atoms with Crippen molar-refractivity contribution in [3.63, 3.8) is 0 Å². The molecule has 1 atom stereocenters. The van der Waals surface area contributed by atoms with Gasteiger partial charge in [0, 0.05) is 0 Å². The third kappa shape index (κ3) is 4.69. The molecule has 0 aromatic rings. The predicted molar refractivity (Wildman–Crippen MR) is 52.6 cm³/mol. The molecule has 0 saturated carbocycles. The van der Waals surface area contributed by atoms with Gasteiger partial charge in [0.1, 0.15) is 6.04 Å². The Labute approximate surface area is 84.0 Å². The van der Waals surface area contributed by atoms with Gasteiger partial charge >= 0.3 is 6.09 Å². The fourth-order valence-corrected chi connectivity index (χ4v) is 0.941. The van der Waals surface area contributed by atoms with Crippen LogP contribution in [0, 0.1) is 5.92 Å². The van der Waals surface area contributed by atoms with E-state index in [0.29, 0.717) is 0 Å². The molecule has 0 aliphatic heterocycles. The minimum atomic E-state index is -0.679. The van der Waals surface area contributed by atoms with Crippen molar-refractivity contribution in [3.8, 4) is 0 Å². The number of carbonyl (C=O) groups excluding carboxylic acids is 2. The summed E-state index contributed by atoms with van der Waals surface area (Å²) in [6.07, 6.45) is -0.826. The molecule has 0 saturated heterocycles. The first-order valence-electron chi connectivity index (χ1n) is 4.61. The fourth-order valence-electron chi connectivity index (χ4n) is 0.941. The average molecular weight is 202 g/mol. The van der Waals surface area contributed by atoms with Crippen LogP contribution < -0.4 is 11.1 Å². The summed E-state index contributed by atoms with van der Waals surface area (Å²) in [6, 6.07) is -0.679. The molecule has 14 heavy (non-hydrogen) atoms. The van der Waals surface area contributed by atoms with Crippen LogP contribution in [0.25, 0.3) is 0 Å². The number of hydrogen-bond donors (Lipinski definition) is 2. The van der Waals surface area contributed by atoms with E-state index in [1.54, 1.807) is 27.7 Å². The van der Waals surface area contributed by atoms with Crippen LogP contribution in [-0.4, -0.2) is 24.1 Å². The van der Waals surface area contributed by atoms with Crippen molar-refractivity contribution in [2.45, 2.75) is 39.8 Å². The van der Waals surface area contributed by atoms with Crippen LogP contribution >= 0.6 is 0 Å². The molecule has 0 rings (SSSR count). The van der Waals surface area contributed by atoms with Gasteiger partial charge in [0.25, 0.3) is 0 Å². The van der Waals surface area contributed by atoms with E-state index >= 15 is 0 Å². The molecule has 0 aromatic heterocycles. The molecule has 0 aromatic carbocycles. The van der Waals surface area contributed by atoms with Gasteiger partial charge in [0.15, 0.2) is 0 Å². The Bertz CT molecular complexity index is 214. The van der Waals surface area contributed by atoms with Gasteiger partial charge in [-0.15, -0.1) is 0 Å². The Morgan fingerprint density at radius 2 is 1.71 bits per heavy atom. The van der Waals surface area contributed by atoms with Crippen molar-refractivity contribution >= 4 is 12.0 Å². The molecule has 82 valence electrons. The lowest BCUT2D eigenvalue weighted by Gasteiger charge is -2.19. The molecule has 5 heteroatoms. The van der Waals surface area contributed by atoms with Gasteiger partial charge in [0.2, 0.25) is 5.91 Å². The number of hydrogen-bond acceptors (Lipinski definition) is 3. The van der Waals surface area contributed by atoms with Gasteiger partial charge in [-0.2, -0.15) is 0 Å². The lowest BCUT2D eigenvalue weighted by Crippen LogP contribution is -2.48. The number of carbonyl (C=O) groups is 2. The van der Waals surface area contributed by atoms with Gasteiger partial charge in [-0.25, -0.2) is 4.79 Å². The second-order valence-electron chi connectivity index (χ2n) is 3.72. The molecule has 2 amide bonds. The average Bonchev–Trinajstić information content (AvgIpc) is 1.97. The van der Waals surface area contributed by atoms with E-state index < -0.39 is 18.0 Å². The van der Waals surface area contributed by atoms with E-state index in [2.05, 4.69) is 5.32 Å². The maximum Gasteiger partial charge on any atom is 0.408 e. The normalized spacial score (nSPS) is 12.7. The molecule has 5 nitrogen and oxygen atoms in total. The van der Waals surface area contributed by atoms with Crippen LogP contribution in [0.15, 0.2) is 0 Å². The van der Waals surface area contributed by atoms with Gasteiger partial charge in [-0.1, -0.05) is 13.8 Å². The Kier molecular flexibility index (Phi) is 4.97. The zero-order valence-corrected chi connectivity index (χ0v) is 9.03. The third-order valence-electron chi connectivity index (χ3n) is 1.59. The summed E-state index contributed by atoms with van der Waals surface area (Å²) in [6.45, 7) is 7.05. The SMILES string of the molecule is CC(C)OC(=O)NC(C(N)=O)C(C)C. The third-order valence-corrected chi connectivity index (χ3v) is 1.59. The topological polar surface area (TPSA) is 81.4 Å². The smallest absolute Gasteiger partial charge is 0.408 e. The summed E-state index contributed by atoms with van der Waals surface area (Å²) in [5, 5.41) is 2.41. The lowest BCUT2D eigenvalue weighted by atomic mass is 10.0. The minimum absolute atomic E-state index is 0.0489. The quantitative estimate of drug-likeness (QED) is 0.701. The first-order chi connectivity index (χ1) is 6.34. The minimum Gasteiger partial charge on any atom is -0.447 e. The van der Waals surface area contributed by atoms with Crippen LogP contribution in [0.2, 0.25) is 0 Å². The van der Waals surface area contributed by atoms with E-state index in [0.717, 1.165) is 0 Å². The maximum atomic E-state index is 11.1. The largest absolute Gasteiger partial charge is 0.447 e. The highest BCUT2D eigenvalue weighted by Gasteiger charge is 2.22. The van der Waals surface area contributed by atoms with Crippen LogP contribution in [0.5, 0.6) is 0 Å². The van der Waals surface area contributed by atoms with Gasteiger partial charge in [-0.05, 0) is 19.8 Å². The van der Waals surface area contributed by atoms with E-state index in [1.165, 1.54) is 0 Å². The molecule has 3 N–H and O–H groups in total. The standard InChI is InChI=1S/C9H18N2O3/c1-5(2)7(8(10)12)11-9(13)14-6(3)4/h5-7H,1-4H3,(H2,10,12)(H,11,13). The van der Waals surface area contributed by atoms with Gasteiger partial charge < -0.3 is 15.8 Å². The molecular formula is C9H18N2O3. The fraction of sp³-hybridized carbons (Fsp3) is 0.778. The maximum absolute atomic E-state index is 11.1. The lowest BCUT2D eigenvalue weighted by molar-refractivity contribution is -0.120. The Balaban J connectivity index is 4.17. The first-order valence-corrected chi connectivity index (χ1v) is 4.61. The molecule has 0 bridgehead atoms. The van der Waals surface area contributed by atoms with Crippen LogP contribution in [0.1, 0.15) is 27.7 Å². The summed E-state index contributed by atoms with van der Waals surface area (Å²) >= 11 is 0. The van der Waals surface area contributed by atoms with Crippen molar-refractivity contribution in [2.75, 3.05) is 0 Å². The summed E-state index contributed by atoms with van der Waals surface area (Å²) in [5.41, 5.74) is 5.11. The van der Waals surface area contributed by atoms with Gasteiger partial charge in [-0.3, -0.25) is 4.79 Å². The zero-order chi connectivity index (χ0) is 11.3. The van der Waals surface area contributed by atoms with E-state index in [9.17, 15) is 9.59 Å². The second-order valence-corrected chi connectivity index (χ2v) is 3.72. The molecule has 0 aliphatic rings. The Morgan fingerprint density at radius 1 is 1.21 bits per heavy atom. The molecular weight excluding hydrogens is 184 g/mol. The van der Waals surface area contributed by atoms with Crippen molar-refractivity contribution < 1.29 is 14.3 Å². The summed E-state index contributed by atoms with van der Waals surface area (Å²) < 4.78 is 4.82. The van der Waals surface area contributed by atoms with E-state index in [4.69, 9.17) is 10.5 Å². The van der Waals surface area contributed by atoms with Crippen molar-refractivity contribution in [3.05, 3.63) is 0 Å². The van der Waals surface area contributed by atoms with Crippen molar-refractivity contribution in [1.82, 2.24) is 5.32 Å². The highest BCUT2D eigenvalue weighted by atomic mass is 16.6. The molecule has 0 heterocycles. The second kappa shape index (κ2) is 5.47.